The van der Waals surface area contributed by atoms with E-state index in [0.29, 0.717) is 0 Å². The molecule has 7 aromatic carbocycles. The largest absolute Gasteiger partial charge is 0.457 e. The Hall–Kier alpha value is -6.80. The molecular formula is C49H34N4OSSi. The van der Waals surface area contributed by atoms with Gasteiger partial charge in [0, 0.05) is 50.7 Å². The Morgan fingerprint density at radius 2 is 1.32 bits per heavy atom. The second kappa shape index (κ2) is 12.9. The number of pyridine rings is 1. The molecule has 0 saturated carbocycles. The fourth-order valence-corrected chi connectivity index (χ4v) is 15.3. The Balaban J connectivity index is 1.12. The highest BCUT2D eigenvalue weighted by Crippen LogP contribution is 2.44. The van der Waals surface area contributed by atoms with E-state index >= 15 is 0 Å². The summed E-state index contributed by atoms with van der Waals surface area (Å²) < 4.78 is 11.4. The van der Waals surface area contributed by atoms with E-state index in [0.717, 1.165) is 51.1 Å². The molecule has 0 aliphatic carbocycles. The fourth-order valence-electron chi connectivity index (χ4n) is 8.82. The van der Waals surface area contributed by atoms with Crippen LogP contribution in [0.4, 0.5) is 17.2 Å². The number of rotatable bonds is 6. The maximum atomic E-state index is 6.68. The number of anilines is 3. The fraction of sp³-hybridized carbons (Fsp3) is 0.0204. The van der Waals surface area contributed by atoms with Crippen LogP contribution in [0.3, 0.4) is 0 Å². The van der Waals surface area contributed by atoms with Crippen LogP contribution in [-0.2, 0) is 7.05 Å². The molecule has 5 nitrogen and oxygen atoms in total. The van der Waals surface area contributed by atoms with Crippen molar-refractivity contribution in [1.82, 2.24) is 14.5 Å². The molecule has 0 unspecified atom stereocenters. The maximum Gasteiger partial charge on any atom is 0.187 e. The predicted molar refractivity (Wildman–Crippen MR) is 235 cm³/mol. The van der Waals surface area contributed by atoms with E-state index in [2.05, 4.69) is 168 Å². The first kappa shape index (κ1) is 32.6. The van der Waals surface area contributed by atoms with E-state index in [4.69, 9.17) is 14.7 Å². The van der Waals surface area contributed by atoms with Crippen LogP contribution < -0.4 is 30.4 Å². The Kier molecular flexibility index (Phi) is 7.52. The number of imidazole rings is 1. The van der Waals surface area contributed by atoms with Crippen molar-refractivity contribution >= 4 is 88.6 Å². The van der Waals surface area contributed by atoms with Gasteiger partial charge in [-0.3, -0.25) is 4.90 Å². The summed E-state index contributed by atoms with van der Waals surface area (Å²) in [5, 5.41) is 7.93. The highest BCUT2D eigenvalue weighted by atomic mass is 32.1. The van der Waals surface area contributed by atoms with Crippen molar-refractivity contribution in [2.45, 2.75) is 0 Å². The summed E-state index contributed by atoms with van der Waals surface area (Å²) >= 11 is 1.87. The second-order valence-corrected chi connectivity index (χ2v) is 19.0. The van der Waals surface area contributed by atoms with Crippen molar-refractivity contribution in [3.63, 3.8) is 0 Å². The molecule has 0 spiro atoms. The first-order valence-electron chi connectivity index (χ1n) is 18.8. The summed E-state index contributed by atoms with van der Waals surface area (Å²) in [4.78, 5) is 12.5. The number of thiophene rings is 1. The van der Waals surface area contributed by atoms with Crippen LogP contribution in [0.25, 0.3) is 42.6 Å². The van der Waals surface area contributed by atoms with Gasteiger partial charge in [0.2, 0.25) is 0 Å². The lowest BCUT2D eigenvalue weighted by Gasteiger charge is -2.44. The van der Waals surface area contributed by atoms with Crippen molar-refractivity contribution in [3.05, 3.63) is 188 Å². The lowest BCUT2D eigenvalue weighted by molar-refractivity contribution is 0.483. The van der Waals surface area contributed by atoms with E-state index in [9.17, 15) is 0 Å². The molecule has 4 heterocycles. The third kappa shape index (κ3) is 4.91. The van der Waals surface area contributed by atoms with Gasteiger partial charge >= 0.3 is 0 Å². The van der Waals surface area contributed by atoms with Crippen molar-refractivity contribution in [3.8, 4) is 22.9 Å². The summed E-state index contributed by atoms with van der Waals surface area (Å²) in [6.07, 6.45) is 1.93. The molecule has 0 amide bonds. The van der Waals surface area contributed by atoms with Gasteiger partial charge in [0.25, 0.3) is 0 Å². The van der Waals surface area contributed by atoms with Crippen LogP contribution in [-0.4, -0.2) is 22.6 Å². The zero-order valence-corrected chi connectivity index (χ0v) is 32.3. The highest BCUT2D eigenvalue weighted by molar-refractivity contribution is 7.28. The summed E-state index contributed by atoms with van der Waals surface area (Å²) in [5.74, 6) is 3.33. The van der Waals surface area contributed by atoms with Crippen molar-refractivity contribution in [1.29, 1.82) is 0 Å². The van der Waals surface area contributed by atoms with E-state index in [1.807, 2.05) is 47.9 Å². The number of aromatic nitrogens is 3. The predicted octanol–water partition coefficient (Wildman–Crippen LogP) is 9.96. The molecule has 1 aliphatic heterocycles. The minimum atomic E-state index is -2.96. The van der Waals surface area contributed by atoms with Gasteiger partial charge in [-0.05, 0) is 81.4 Å². The van der Waals surface area contributed by atoms with Gasteiger partial charge in [-0.1, -0.05) is 115 Å². The molecule has 0 N–H and O–H groups in total. The second-order valence-electron chi connectivity index (χ2n) is 14.2. The number of aryl methyl sites for hydroxylation is 1. The van der Waals surface area contributed by atoms with Gasteiger partial charge in [-0.15, -0.1) is 11.3 Å². The molecule has 0 fully saturated rings. The Morgan fingerprint density at radius 3 is 2.12 bits per heavy atom. The Bertz CT molecular complexity index is 3060. The number of para-hydroxylation sites is 2. The molecule has 0 radical (unpaired) electrons. The molecule has 266 valence electrons. The van der Waals surface area contributed by atoms with Gasteiger partial charge in [-0.2, -0.15) is 0 Å². The number of ether oxygens (including phenoxy) is 1. The van der Waals surface area contributed by atoms with Crippen LogP contribution in [0.15, 0.2) is 188 Å². The molecule has 10 aromatic rings. The number of hydrogen-bond donors (Lipinski definition) is 0. The van der Waals surface area contributed by atoms with E-state index in [1.165, 1.54) is 40.9 Å². The van der Waals surface area contributed by atoms with Gasteiger partial charge in [0.1, 0.15) is 23.1 Å². The summed E-state index contributed by atoms with van der Waals surface area (Å²) in [6, 6.07) is 65.1. The summed E-state index contributed by atoms with van der Waals surface area (Å²) in [5.41, 5.74) is 5.19. The van der Waals surface area contributed by atoms with Crippen molar-refractivity contribution in [2.75, 3.05) is 4.90 Å². The van der Waals surface area contributed by atoms with Gasteiger partial charge in [0.15, 0.2) is 8.07 Å². The third-order valence-electron chi connectivity index (χ3n) is 11.1. The molecule has 1 aliphatic rings. The standard InChI is InChI=1S/C49H34N4OSSi/c1-52-41-25-10-9-24-40(41)51-48(52)33-15-12-17-35(31-33)54-36-18-13-16-34(32-36)53-42-28-29-44-46(39-23-8-11-26-43(39)55-44)47(42)56(37-19-4-2-5-20-37,38-21-6-3-7-22-38)45-27-14-30-50-49(45)53/h2-32H,1H3. The van der Waals surface area contributed by atoms with Crippen LogP contribution in [0, 0.1) is 0 Å². The summed E-state index contributed by atoms with van der Waals surface area (Å²) in [6.45, 7) is 0. The van der Waals surface area contributed by atoms with Crippen LogP contribution >= 0.6 is 11.3 Å². The lowest BCUT2D eigenvalue weighted by Crippen LogP contribution is -2.77. The van der Waals surface area contributed by atoms with Gasteiger partial charge in [-0.25, -0.2) is 9.97 Å². The molecule has 0 bridgehead atoms. The van der Waals surface area contributed by atoms with Crippen LogP contribution in [0.2, 0.25) is 0 Å². The van der Waals surface area contributed by atoms with Gasteiger partial charge < -0.3 is 9.30 Å². The van der Waals surface area contributed by atoms with Crippen LogP contribution in [0.5, 0.6) is 11.5 Å². The highest BCUT2D eigenvalue weighted by Gasteiger charge is 2.50. The first-order valence-corrected chi connectivity index (χ1v) is 21.6. The van der Waals surface area contributed by atoms with Crippen molar-refractivity contribution in [2.24, 2.45) is 7.05 Å². The first-order chi connectivity index (χ1) is 27.7. The monoisotopic (exact) mass is 754 g/mol. The smallest absolute Gasteiger partial charge is 0.187 e. The number of hydrogen-bond acceptors (Lipinski definition) is 5. The molecular weight excluding hydrogens is 721 g/mol. The molecule has 0 saturated heterocycles. The van der Waals surface area contributed by atoms with Gasteiger partial charge in [0.05, 0.1) is 16.7 Å². The van der Waals surface area contributed by atoms with Crippen molar-refractivity contribution < 1.29 is 4.74 Å². The van der Waals surface area contributed by atoms with Crippen LogP contribution in [0.1, 0.15) is 0 Å². The number of nitrogens with zero attached hydrogens (tertiary/aromatic N) is 4. The minimum Gasteiger partial charge on any atom is -0.457 e. The normalized spacial score (nSPS) is 13.2. The third-order valence-corrected chi connectivity index (χ3v) is 17.1. The molecule has 3 aromatic heterocycles. The number of fused-ring (bicyclic) bond motifs is 7. The topological polar surface area (TPSA) is 43.2 Å². The van der Waals surface area contributed by atoms with E-state index in [1.54, 1.807) is 0 Å². The Morgan fingerprint density at radius 1 is 0.607 bits per heavy atom. The lowest BCUT2D eigenvalue weighted by atomic mass is 10.1. The maximum absolute atomic E-state index is 6.68. The quantitative estimate of drug-likeness (QED) is 0.159. The molecule has 0 atom stereocenters. The van der Waals surface area contributed by atoms with E-state index < -0.39 is 8.07 Å². The average molecular weight is 755 g/mol. The number of benzene rings is 7. The zero-order chi connectivity index (χ0) is 37.2. The van der Waals surface area contributed by atoms with E-state index in [-0.39, 0.29) is 0 Å². The molecule has 56 heavy (non-hydrogen) atoms. The Labute approximate surface area is 329 Å². The summed E-state index contributed by atoms with van der Waals surface area (Å²) in [7, 11) is -0.904. The molecule has 11 rings (SSSR count). The SMILES string of the molecule is Cn1c(-c2cccc(Oc3cccc(N4c5ccc6sc7ccccc7c6c5[Si](c5ccccc5)(c5ccccc5)c5cccnc54)c3)c2)nc2ccccc21. The zero-order valence-electron chi connectivity index (χ0n) is 30.5. The minimum absolute atomic E-state index is 0.742. The molecule has 7 heteroatoms. The average Bonchev–Trinajstić information content (AvgIpc) is 3.81.